The monoisotopic (exact) mass is 1100 g/mol. The zero-order valence-electron chi connectivity index (χ0n) is 47.2. The van der Waals surface area contributed by atoms with Crippen molar-refractivity contribution in [2.24, 2.45) is 5.73 Å². The highest BCUT2D eigenvalue weighted by molar-refractivity contribution is 7.16. The number of nitrogens with two attached hydrogens (primary N) is 1. The molecule has 0 radical (unpaired) electrons. The molecule has 4 heterocycles. The Hall–Kier alpha value is -6.44. The van der Waals surface area contributed by atoms with Gasteiger partial charge >= 0.3 is 0 Å². The fraction of sp³-hybridized carbons (Fsp3) is 0.323. The Bertz CT molecular complexity index is 3130. The molecule has 0 spiro atoms. The van der Waals surface area contributed by atoms with Crippen LogP contribution in [0.25, 0.3) is 41.8 Å². The van der Waals surface area contributed by atoms with Crippen molar-refractivity contribution in [2.75, 3.05) is 14.1 Å². The summed E-state index contributed by atoms with van der Waals surface area (Å²) in [5.74, 6) is -0.435. The number of primary amides is 1. The summed E-state index contributed by atoms with van der Waals surface area (Å²) in [6.45, 7) is 26.6. The standard InChI is InChI=1S/C18H21NOS.2C16H19NOS.C15H17NOS/c1-18(2,3)16-11-10-15(21-16)12-4-6-13(7-5-12)17(20)19-14-8-9-14;2*1-16(2,3)14-10-9-13(19-14)11-5-7-12(8-6-11)15(18)17-4;1-15(2,3)13-9-8-12(18-13)10-4-6-11(7-5-10)14(16)17/h4-7,10-11,14H,8-9H2,1-3H3,(H,19,20);2*5-10H,1-4H3,(H,17,18);4-9H,1-3H3,(H2,16,17). The molecule has 5 N–H and O–H groups in total. The van der Waals surface area contributed by atoms with E-state index in [9.17, 15) is 19.2 Å². The molecule has 1 aliphatic carbocycles. The molecule has 8 aromatic rings. The van der Waals surface area contributed by atoms with Crippen molar-refractivity contribution < 1.29 is 19.2 Å². The average molecular weight is 1110 g/mol. The molecule has 4 amide bonds. The van der Waals surface area contributed by atoms with E-state index >= 15 is 0 Å². The van der Waals surface area contributed by atoms with E-state index in [-0.39, 0.29) is 45.3 Å². The van der Waals surface area contributed by atoms with Crippen LogP contribution in [-0.4, -0.2) is 43.8 Å². The first-order valence-electron chi connectivity index (χ1n) is 26.0. The lowest BCUT2D eigenvalue weighted by Gasteiger charge is -2.15. The molecule has 1 fully saturated rings. The SMILES string of the molecule is CC(C)(C)c1ccc(-c2ccc(C(=O)NC3CC3)cc2)s1.CC(C)(C)c1ccc(-c2ccc(C(N)=O)cc2)s1.CNC(=O)c1ccc(-c2ccc(C(C)(C)C)s2)cc1.CNC(=O)c1ccc(-c2ccc(C(C)(C)C)s2)cc1. The first-order chi connectivity index (χ1) is 36.1. The van der Waals surface area contributed by atoms with E-state index in [0.717, 1.165) is 35.1 Å². The van der Waals surface area contributed by atoms with Crippen LogP contribution < -0.4 is 21.7 Å². The van der Waals surface area contributed by atoms with Crippen molar-refractivity contribution >= 4 is 69.0 Å². The average Bonchev–Trinajstić information content (AvgIpc) is 3.97. The summed E-state index contributed by atoms with van der Waals surface area (Å²) < 4.78 is 0. The number of rotatable bonds is 9. The summed E-state index contributed by atoms with van der Waals surface area (Å²) in [5.41, 5.74) is 13.3. The molecule has 0 atom stereocenters. The highest BCUT2D eigenvalue weighted by atomic mass is 32.1. The molecule has 4 aromatic carbocycles. The van der Waals surface area contributed by atoms with Gasteiger partial charge in [0.05, 0.1) is 0 Å². The smallest absolute Gasteiger partial charge is 0.251 e. The molecule has 12 heteroatoms. The second-order valence-corrected chi connectivity index (χ2v) is 27.6. The summed E-state index contributed by atoms with van der Waals surface area (Å²) in [4.78, 5) is 56.4. The van der Waals surface area contributed by atoms with Gasteiger partial charge in [0.1, 0.15) is 0 Å². The van der Waals surface area contributed by atoms with Gasteiger partial charge in [0.25, 0.3) is 17.7 Å². The molecule has 404 valence electrons. The minimum atomic E-state index is -0.386. The molecule has 0 unspecified atom stereocenters. The van der Waals surface area contributed by atoms with E-state index < -0.39 is 0 Å². The fourth-order valence-corrected chi connectivity index (χ4v) is 11.8. The predicted molar refractivity (Wildman–Crippen MR) is 330 cm³/mol. The summed E-state index contributed by atoms with van der Waals surface area (Å²) in [6.07, 6.45) is 2.24. The van der Waals surface area contributed by atoms with Gasteiger partial charge in [0.15, 0.2) is 0 Å². The molecule has 77 heavy (non-hydrogen) atoms. The Morgan fingerprint density at radius 1 is 0.364 bits per heavy atom. The predicted octanol–water partition coefficient (Wildman–Crippen LogP) is 16.6. The fourth-order valence-electron chi connectivity index (χ4n) is 7.53. The number of thiophene rings is 4. The molecule has 0 bridgehead atoms. The van der Waals surface area contributed by atoms with Crippen LogP contribution >= 0.6 is 45.3 Å². The van der Waals surface area contributed by atoms with Gasteiger partial charge < -0.3 is 21.7 Å². The van der Waals surface area contributed by atoms with Crippen molar-refractivity contribution in [1.29, 1.82) is 0 Å². The van der Waals surface area contributed by atoms with Gasteiger partial charge in [0.2, 0.25) is 5.91 Å². The van der Waals surface area contributed by atoms with Crippen LogP contribution in [0.4, 0.5) is 0 Å². The quantitative estimate of drug-likeness (QED) is 0.115. The van der Waals surface area contributed by atoms with Crippen molar-refractivity contribution in [2.45, 2.75) is 124 Å². The van der Waals surface area contributed by atoms with E-state index in [1.54, 1.807) is 37.6 Å². The van der Waals surface area contributed by atoms with E-state index in [0.29, 0.717) is 22.7 Å². The summed E-state index contributed by atoms with van der Waals surface area (Å²) >= 11 is 7.24. The van der Waals surface area contributed by atoms with Gasteiger partial charge in [-0.15, -0.1) is 45.3 Å². The Balaban J connectivity index is 0.000000167. The molecule has 1 saturated carbocycles. The van der Waals surface area contributed by atoms with Gasteiger partial charge in [-0.05, 0) is 154 Å². The third-order valence-electron chi connectivity index (χ3n) is 12.5. The van der Waals surface area contributed by atoms with E-state index in [2.05, 4.69) is 148 Å². The maximum atomic E-state index is 12.0. The van der Waals surface area contributed by atoms with Crippen LogP contribution in [0, 0.1) is 0 Å². The van der Waals surface area contributed by atoms with Gasteiger partial charge in [-0.1, -0.05) is 132 Å². The number of hydrogen-bond acceptors (Lipinski definition) is 8. The van der Waals surface area contributed by atoms with Gasteiger partial charge in [-0.25, -0.2) is 0 Å². The molecule has 4 aromatic heterocycles. The van der Waals surface area contributed by atoms with Crippen molar-refractivity contribution in [3.05, 3.63) is 187 Å². The molecule has 9 rings (SSSR count). The number of amides is 4. The van der Waals surface area contributed by atoms with Crippen molar-refractivity contribution in [3.63, 3.8) is 0 Å². The van der Waals surface area contributed by atoms with Crippen LogP contribution in [0.2, 0.25) is 0 Å². The Labute approximate surface area is 473 Å². The minimum absolute atomic E-state index is 0.0469. The maximum absolute atomic E-state index is 12.0. The van der Waals surface area contributed by atoms with Gasteiger partial charge in [-0.3, -0.25) is 19.2 Å². The van der Waals surface area contributed by atoms with Crippen LogP contribution in [-0.2, 0) is 21.7 Å². The lowest BCUT2D eigenvalue weighted by molar-refractivity contribution is 0.0945. The zero-order valence-corrected chi connectivity index (χ0v) is 50.5. The highest BCUT2D eigenvalue weighted by Crippen LogP contribution is 2.39. The molecule has 0 saturated heterocycles. The second kappa shape index (κ2) is 25.4. The Morgan fingerprint density at radius 2 is 0.597 bits per heavy atom. The van der Waals surface area contributed by atoms with Gasteiger partial charge in [0, 0.05) is 81.4 Å². The Morgan fingerprint density at radius 3 is 0.792 bits per heavy atom. The molecular formula is C65H76N4O4S4. The number of carbonyl (C=O) groups excluding carboxylic acids is 4. The largest absolute Gasteiger partial charge is 0.366 e. The summed E-state index contributed by atoms with van der Waals surface area (Å²) in [5, 5.41) is 8.27. The van der Waals surface area contributed by atoms with Crippen LogP contribution in [0.3, 0.4) is 0 Å². The summed E-state index contributed by atoms with van der Waals surface area (Å²) in [7, 11) is 3.29. The maximum Gasteiger partial charge on any atom is 0.251 e. The van der Waals surface area contributed by atoms with Crippen molar-refractivity contribution in [1.82, 2.24) is 16.0 Å². The first kappa shape index (κ1) is 59.8. The number of nitrogens with one attached hydrogen (secondary N) is 3. The summed E-state index contributed by atoms with van der Waals surface area (Å²) in [6, 6.07) is 48.6. The van der Waals surface area contributed by atoms with Crippen LogP contribution in [0.5, 0.6) is 0 Å². The first-order valence-corrected chi connectivity index (χ1v) is 29.3. The third-order valence-corrected chi connectivity index (χ3v) is 18.7. The van der Waals surface area contributed by atoms with Crippen LogP contribution in [0.1, 0.15) is 157 Å². The molecular weight excluding hydrogens is 1030 g/mol. The molecule has 8 nitrogen and oxygen atoms in total. The Kier molecular flexibility index (Phi) is 19.7. The van der Waals surface area contributed by atoms with E-state index in [1.165, 1.54) is 44.6 Å². The topological polar surface area (TPSA) is 130 Å². The lowest BCUT2D eigenvalue weighted by Crippen LogP contribution is -2.25. The highest BCUT2D eigenvalue weighted by Gasteiger charge is 2.24. The minimum Gasteiger partial charge on any atom is -0.366 e. The number of hydrogen-bond donors (Lipinski definition) is 4. The van der Waals surface area contributed by atoms with E-state index in [4.69, 9.17) is 5.73 Å². The third kappa shape index (κ3) is 17.0. The lowest BCUT2D eigenvalue weighted by atomic mass is 9.95. The number of benzene rings is 4. The van der Waals surface area contributed by atoms with Crippen LogP contribution in [0.15, 0.2) is 146 Å². The van der Waals surface area contributed by atoms with Crippen molar-refractivity contribution in [3.8, 4) is 41.8 Å². The molecule has 0 aliphatic heterocycles. The second-order valence-electron chi connectivity index (χ2n) is 23.2. The molecule has 1 aliphatic rings. The van der Waals surface area contributed by atoms with Gasteiger partial charge in [-0.2, -0.15) is 0 Å². The number of carbonyl (C=O) groups is 4. The zero-order chi connectivity index (χ0) is 56.5. The van der Waals surface area contributed by atoms with E-state index in [1.807, 2.05) is 119 Å². The normalized spacial score (nSPS) is 12.4.